The number of hydrogen-bond donors (Lipinski definition) is 2. The zero-order valence-corrected chi connectivity index (χ0v) is 11.6. The Morgan fingerprint density at radius 2 is 2.05 bits per heavy atom. The van der Waals surface area contributed by atoms with Crippen LogP contribution >= 0.6 is 0 Å². The van der Waals surface area contributed by atoms with E-state index in [4.69, 9.17) is 4.74 Å². The molecule has 0 aromatic carbocycles. The molecule has 0 saturated carbocycles. The first-order valence-corrected chi connectivity index (χ1v) is 7.61. The minimum Gasteiger partial charge on any atom is -0.381 e. The van der Waals surface area contributed by atoms with Crippen molar-refractivity contribution in [3.63, 3.8) is 0 Å². The molecule has 5 heteroatoms. The molecule has 1 unspecified atom stereocenters. The number of hydrogen-bond acceptors (Lipinski definition) is 3. The Morgan fingerprint density at radius 1 is 1.32 bits per heavy atom. The highest BCUT2D eigenvalue weighted by molar-refractivity contribution is 5.74. The third-order valence-electron chi connectivity index (χ3n) is 5.12. The lowest BCUT2D eigenvalue weighted by molar-refractivity contribution is 0.00316. The van der Waals surface area contributed by atoms with Crippen molar-refractivity contribution in [2.45, 2.75) is 25.7 Å². The summed E-state index contributed by atoms with van der Waals surface area (Å²) in [4.78, 5) is 14.0. The molecule has 1 atom stereocenters. The van der Waals surface area contributed by atoms with E-state index in [0.717, 1.165) is 71.6 Å². The number of nitrogens with one attached hydrogen (secondary N) is 2. The Labute approximate surface area is 115 Å². The van der Waals surface area contributed by atoms with Crippen LogP contribution in [-0.4, -0.2) is 56.9 Å². The van der Waals surface area contributed by atoms with Crippen molar-refractivity contribution in [2.24, 2.45) is 11.3 Å². The fourth-order valence-electron chi connectivity index (χ4n) is 3.75. The summed E-state index contributed by atoms with van der Waals surface area (Å²) in [6, 6.07) is 0.131. The van der Waals surface area contributed by atoms with E-state index >= 15 is 0 Å². The first-order chi connectivity index (χ1) is 9.30. The molecular formula is C14H25N3O2. The van der Waals surface area contributed by atoms with Gasteiger partial charge in [0.15, 0.2) is 0 Å². The largest absolute Gasteiger partial charge is 0.381 e. The van der Waals surface area contributed by atoms with Crippen molar-refractivity contribution in [3.05, 3.63) is 0 Å². The predicted molar refractivity (Wildman–Crippen MR) is 73.1 cm³/mol. The Morgan fingerprint density at radius 3 is 2.79 bits per heavy atom. The van der Waals surface area contributed by atoms with Gasteiger partial charge in [0.05, 0.1) is 0 Å². The van der Waals surface area contributed by atoms with Crippen LogP contribution in [0.1, 0.15) is 25.7 Å². The van der Waals surface area contributed by atoms with Crippen molar-refractivity contribution >= 4 is 6.03 Å². The fraction of sp³-hybridized carbons (Fsp3) is 0.929. The molecule has 19 heavy (non-hydrogen) atoms. The minimum atomic E-state index is 0.131. The maximum atomic E-state index is 12.0. The molecule has 3 aliphatic heterocycles. The molecule has 1 spiro atoms. The van der Waals surface area contributed by atoms with Gasteiger partial charge in [0.25, 0.3) is 0 Å². The third kappa shape index (κ3) is 2.72. The highest BCUT2D eigenvalue weighted by Gasteiger charge is 2.43. The van der Waals surface area contributed by atoms with Crippen LogP contribution in [0.5, 0.6) is 0 Å². The van der Waals surface area contributed by atoms with E-state index in [1.165, 1.54) is 0 Å². The predicted octanol–water partition coefficient (Wildman–Crippen LogP) is 0.808. The Bertz CT molecular complexity index is 323. The monoisotopic (exact) mass is 267 g/mol. The van der Waals surface area contributed by atoms with Crippen LogP contribution in [0, 0.1) is 11.3 Å². The summed E-state index contributed by atoms with van der Waals surface area (Å²) in [5.41, 5.74) is 0.358. The average Bonchev–Trinajstić information content (AvgIpc) is 3.08. The highest BCUT2D eigenvalue weighted by Crippen LogP contribution is 2.40. The molecule has 0 aliphatic carbocycles. The van der Waals surface area contributed by atoms with E-state index in [2.05, 4.69) is 10.6 Å². The summed E-state index contributed by atoms with van der Waals surface area (Å²) < 4.78 is 5.49. The van der Waals surface area contributed by atoms with Crippen LogP contribution in [0.3, 0.4) is 0 Å². The van der Waals surface area contributed by atoms with Crippen LogP contribution in [-0.2, 0) is 4.74 Å². The van der Waals surface area contributed by atoms with Gasteiger partial charge in [-0.1, -0.05) is 0 Å². The molecule has 2 N–H and O–H groups in total. The molecular weight excluding hydrogens is 242 g/mol. The van der Waals surface area contributed by atoms with E-state index in [1.54, 1.807) is 0 Å². The average molecular weight is 267 g/mol. The van der Waals surface area contributed by atoms with Crippen LogP contribution in [0.15, 0.2) is 0 Å². The number of rotatable bonds is 2. The lowest BCUT2D eigenvalue weighted by Crippen LogP contribution is -2.45. The van der Waals surface area contributed by atoms with Gasteiger partial charge in [-0.2, -0.15) is 0 Å². The molecule has 3 rings (SSSR count). The van der Waals surface area contributed by atoms with Gasteiger partial charge < -0.3 is 20.3 Å². The van der Waals surface area contributed by atoms with Crippen LogP contribution in [0.25, 0.3) is 0 Å². The number of nitrogens with zero attached hydrogens (tertiary/aromatic N) is 1. The molecule has 3 fully saturated rings. The number of urea groups is 1. The molecule has 3 heterocycles. The molecule has 2 amide bonds. The van der Waals surface area contributed by atoms with Gasteiger partial charge in [-0.05, 0) is 37.0 Å². The quantitative estimate of drug-likeness (QED) is 0.778. The summed E-state index contributed by atoms with van der Waals surface area (Å²) in [7, 11) is 0. The lowest BCUT2D eigenvalue weighted by Gasteiger charge is -2.38. The standard InChI is InChI=1S/C14H25N3O2/c18-13(17-5-1-2-6-17)16-10-12-9-15-11-14(12)3-7-19-8-4-14/h12,15H,1-11H2,(H,16,18). The third-order valence-corrected chi connectivity index (χ3v) is 5.12. The second-order valence-corrected chi connectivity index (χ2v) is 6.18. The van der Waals surface area contributed by atoms with Crippen LogP contribution in [0.2, 0.25) is 0 Å². The number of amides is 2. The van der Waals surface area contributed by atoms with Gasteiger partial charge >= 0.3 is 6.03 Å². The summed E-state index contributed by atoms with van der Waals surface area (Å²) >= 11 is 0. The normalized spacial score (nSPS) is 29.9. The van der Waals surface area contributed by atoms with E-state index in [9.17, 15) is 4.79 Å². The van der Waals surface area contributed by atoms with Gasteiger partial charge in [0, 0.05) is 45.9 Å². The number of carbonyl (C=O) groups excluding carboxylic acids is 1. The van der Waals surface area contributed by atoms with Crippen LogP contribution < -0.4 is 10.6 Å². The summed E-state index contributed by atoms with van der Waals surface area (Å²) in [6.07, 6.45) is 4.56. The molecule has 3 aliphatic rings. The number of likely N-dealkylation sites (tertiary alicyclic amines) is 1. The maximum absolute atomic E-state index is 12.0. The van der Waals surface area contributed by atoms with Gasteiger partial charge in [-0.15, -0.1) is 0 Å². The summed E-state index contributed by atoms with van der Waals surface area (Å²) in [5, 5.41) is 6.65. The lowest BCUT2D eigenvalue weighted by atomic mass is 9.72. The Hall–Kier alpha value is -0.810. The molecule has 3 saturated heterocycles. The zero-order chi connectivity index (χ0) is 13.1. The number of ether oxygens (including phenoxy) is 1. The smallest absolute Gasteiger partial charge is 0.317 e. The van der Waals surface area contributed by atoms with Crippen molar-refractivity contribution in [1.29, 1.82) is 0 Å². The highest BCUT2D eigenvalue weighted by atomic mass is 16.5. The van der Waals surface area contributed by atoms with Crippen molar-refractivity contribution < 1.29 is 9.53 Å². The van der Waals surface area contributed by atoms with E-state index in [-0.39, 0.29) is 6.03 Å². The second-order valence-electron chi connectivity index (χ2n) is 6.18. The maximum Gasteiger partial charge on any atom is 0.317 e. The van der Waals surface area contributed by atoms with Crippen molar-refractivity contribution in [2.75, 3.05) is 45.9 Å². The fourth-order valence-corrected chi connectivity index (χ4v) is 3.75. The Balaban J connectivity index is 1.52. The summed E-state index contributed by atoms with van der Waals surface area (Å²) in [6.45, 7) is 6.52. The molecule has 0 aromatic heterocycles. The summed E-state index contributed by atoms with van der Waals surface area (Å²) in [5.74, 6) is 0.558. The SMILES string of the molecule is O=C(NCC1CNCC12CCOCC2)N1CCCC1. The second kappa shape index (κ2) is 5.67. The van der Waals surface area contributed by atoms with Gasteiger partial charge in [-0.25, -0.2) is 4.79 Å². The van der Waals surface area contributed by atoms with Crippen molar-refractivity contribution in [1.82, 2.24) is 15.5 Å². The first kappa shape index (κ1) is 13.2. The molecule has 0 aromatic rings. The van der Waals surface area contributed by atoms with E-state index in [1.807, 2.05) is 4.90 Å². The molecule has 108 valence electrons. The van der Waals surface area contributed by atoms with E-state index in [0.29, 0.717) is 11.3 Å². The van der Waals surface area contributed by atoms with Gasteiger partial charge in [0.2, 0.25) is 0 Å². The molecule has 0 bridgehead atoms. The van der Waals surface area contributed by atoms with E-state index < -0.39 is 0 Å². The zero-order valence-electron chi connectivity index (χ0n) is 11.6. The first-order valence-electron chi connectivity index (χ1n) is 7.61. The molecule has 0 radical (unpaired) electrons. The minimum absolute atomic E-state index is 0.131. The topological polar surface area (TPSA) is 53.6 Å². The van der Waals surface area contributed by atoms with Crippen LogP contribution in [0.4, 0.5) is 4.79 Å². The molecule has 5 nitrogen and oxygen atoms in total. The van der Waals surface area contributed by atoms with Gasteiger partial charge in [-0.3, -0.25) is 0 Å². The number of carbonyl (C=O) groups is 1. The Kier molecular flexibility index (Phi) is 3.93. The van der Waals surface area contributed by atoms with Gasteiger partial charge in [0.1, 0.15) is 0 Å². The van der Waals surface area contributed by atoms with Crippen molar-refractivity contribution in [3.8, 4) is 0 Å².